The van der Waals surface area contributed by atoms with E-state index in [1.54, 1.807) is 0 Å². The minimum atomic E-state index is -5.58. The average molecular weight is 241 g/mol. The molecule has 8 heteroatoms. The molecule has 0 N–H and O–H groups in total. The molecule has 0 aromatic heterocycles. The molecular weight excluding hydrogens is 234 g/mol. The van der Waals surface area contributed by atoms with Crippen molar-refractivity contribution in [3.63, 3.8) is 0 Å². The van der Waals surface area contributed by atoms with Gasteiger partial charge in [-0.25, -0.2) is 8.78 Å². The van der Waals surface area contributed by atoms with E-state index < -0.39 is 34.3 Å². The Morgan fingerprint density at radius 3 is 1.57 bits per heavy atom. The van der Waals surface area contributed by atoms with Gasteiger partial charge in [-0.1, -0.05) is 0 Å². The fraction of sp³-hybridized carbons (Fsp3) is 0.833. The summed E-state index contributed by atoms with van der Waals surface area (Å²) in [6.45, 7) is 0. The largest absolute Gasteiger partial charge is 0.459 e. The first-order valence-corrected chi connectivity index (χ1v) is 5.25. The Balaban J connectivity index is 5.15. The van der Waals surface area contributed by atoms with Crippen LogP contribution in [0, 0.1) is 0 Å². The minimum Gasteiger partial charge on any atom is -0.280 e. The maximum absolute atomic E-state index is 13.1. The molecule has 1 atom stereocenters. The lowest BCUT2D eigenvalue weighted by Crippen LogP contribution is -2.53. The number of hydrogen-bond acceptors (Lipinski definition) is 1. The molecule has 0 amide bonds. The van der Waals surface area contributed by atoms with Crippen LogP contribution in [0.1, 0.15) is 0 Å². The number of rotatable bonds is 3. The van der Waals surface area contributed by atoms with Gasteiger partial charge in [-0.05, 0) is 0 Å². The Morgan fingerprint density at radius 1 is 1.14 bits per heavy atom. The molecule has 0 saturated heterocycles. The fourth-order valence-corrected chi connectivity index (χ4v) is 1.50. The van der Waals surface area contributed by atoms with E-state index in [-0.39, 0.29) is 0 Å². The summed E-state index contributed by atoms with van der Waals surface area (Å²) in [5.41, 5.74) is 0. The summed E-state index contributed by atoms with van der Waals surface area (Å²) in [5, 5.41) is -4.13. The third-order valence-corrected chi connectivity index (χ3v) is 2.99. The Kier molecular flexibility index (Phi) is 3.88. The SMILES string of the molecule is C[S+](C)C(F)(C(=O)C(F)(F)F)C(F)F. The van der Waals surface area contributed by atoms with Crippen LogP contribution in [0.2, 0.25) is 0 Å². The van der Waals surface area contributed by atoms with Crippen molar-refractivity contribution in [3.8, 4) is 0 Å². The van der Waals surface area contributed by atoms with E-state index in [4.69, 9.17) is 0 Å². The summed E-state index contributed by atoms with van der Waals surface area (Å²) in [6, 6.07) is 0. The summed E-state index contributed by atoms with van der Waals surface area (Å²) in [7, 11) is -2.01. The molecule has 0 aromatic rings. The molecule has 0 saturated carbocycles. The molecule has 0 fully saturated rings. The highest BCUT2D eigenvalue weighted by Crippen LogP contribution is 2.35. The topological polar surface area (TPSA) is 17.1 Å². The van der Waals surface area contributed by atoms with Gasteiger partial charge in [0.05, 0.1) is 0 Å². The summed E-state index contributed by atoms with van der Waals surface area (Å²) in [4.78, 5) is 10.4. The summed E-state index contributed by atoms with van der Waals surface area (Å²) in [6.07, 6.45) is -7.93. The number of hydrogen-bond donors (Lipinski definition) is 0. The lowest BCUT2D eigenvalue weighted by atomic mass is 10.2. The minimum absolute atomic E-state index is 0.815. The maximum atomic E-state index is 13.1. The molecule has 14 heavy (non-hydrogen) atoms. The van der Waals surface area contributed by atoms with E-state index in [0.717, 1.165) is 12.5 Å². The predicted molar refractivity (Wildman–Crippen MR) is 40.1 cm³/mol. The molecule has 0 aromatic carbocycles. The van der Waals surface area contributed by atoms with Crippen molar-refractivity contribution in [3.05, 3.63) is 0 Å². The third-order valence-electron chi connectivity index (χ3n) is 1.44. The van der Waals surface area contributed by atoms with Crippen molar-refractivity contribution in [2.45, 2.75) is 17.6 Å². The molecule has 0 bridgehead atoms. The van der Waals surface area contributed by atoms with Crippen molar-refractivity contribution < 1.29 is 31.1 Å². The number of carbonyl (C=O) groups is 1. The van der Waals surface area contributed by atoms with Crippen LogP contribution in [-0.2, 0) is 15.7 Å². The Bertz CT molecular complexity index is 215. The van der Waals surface area contributed by atoms with Gasteiger partial charge in [0.2, 0.25) is 0 Å². The number of halogens is 6. The highest BCUT2D eigenvalue weighted by Gasteiger charge is 2.67. The van der Waals surface area contributed by atoms with Crippen LogP contribution in [0.4, 0.5) is 26.3 Å². The monoisotopic (exact) mass is 241 g/mol. The van der Waals surface area contributed by atoms with Gasteiger partial charge in [0.1, 0.15) is 12.5 Å². The summed E-state index contributed by atoms with van der Waals surface area (Å²) >= 11 is 0. The molecule has 84 valence electrons. The molecule has 0 heterocycles. The third kappa shape index (κ3) is 2.34. The van der Waals surface area contributed by atoms with Crippen LogP contribution in [0.3, 0.4) is 0 Å². The highest BCUT2D eigenvalue weighted by molar-refractivity contribution is 7.97. The smallest absolute Gasteiger partial charge is 0.280 e. The normalized spacial score (nSPS) is 17.3. The van der Waals surface area contributed by atoms with Gasteiger partial charge in [-0.2, -0.15) is 17.6 Å². The lowest BCUT2D eigenvalue weighted by molar-refractivity contribution is -0.184. The van der Waals surface area contributed by atoms with Crippen LogP contribution in [-0.4, -0.2) is 35.9 Å². The molecule has 0 radical (unpaired) electrons. The van der Waals surface area contributed by atoms with Crippen molar-refractivity contribution in [1.29, 1.82) is 0 Å². The summed E-state index contributed by atoms with van der Waals surface area (Å²) < 4.78 is 72.4. The summed E-state index contributed by atoms with van der Waals surface area (Å²) in [5.74, 6) is -3.02. The zero-order valence-corrected chi connectivity index (χ0v) is 7.98. The molecule has 1 unspecified atom stereocenters. The van der Waals surface area contributed by atoms with Gasteiger partial charge in [0, 0.05) is 10.9 Å². The quantitative estimate of drug-likeness (QED) is 0.545. The lowest BCUT2D eigenvalue weighted by Gasteiger charge is -2.20. The number of alkyl halides is 6. The van der Waals surface area contributed by atoms with Gasteiger partial charge in [0.15, 0.2) is 0 Å². The van der Waals surface area contributed by atoms with E-state index in [1.165, 1.54) is 0 Å². The molecule has 0 aliphatic rings. The molecule has 0 rings (SSSR count). The van der Waals surface area contributed by atoms with E-state index in [0.29, 0.717) is 0 Å². The second kappa shape index (κ2) is 4.00. The number of Topliss-reactive ketones (excluding diaryl/α,β-unsaturated/α-hetero) is 1. The maximum Gasteiger partial charge on any atom is 0.459 e. The Labute approximate surface area is 78.8 Å². The zero-order chi connectivity index (χ0) is 11.7. The molecular formula is C6H7F6OS+. The predicted octanol–water partition coefficient (Wildman–Crippen LogP) is 1.93. The van der Waals surface area contributed by atoms with Gasteiger partial charge in [-0.3, -0.25) is 4.79 Å². The molecule has 0 aliphatic carbocycles. The van der Waals surface area contributed by atoms with E-state index in [2.05, 4.69) is 0 Å². The van der Waals surface area contributed by atoms with Gasteiger partial charge in [-0.15, -0.1) is 0 Å². The number of ketones is 1. The second-order valence-corrected chi connectivity index (χ2v) is 4.82. The van der Waals surface area contributed by atoms with E-state index in [1.807, 2.05) is 0 Å². The van der Waals surface area contributed by atoms with Crippen molar-refractivity contribution in [2.75, 3.05) is 12.5 Å². The number of carbonyl (C=O) groups excluding carboxylic acids is 1. The van der Waals surface area contributed by atoms with Gasteiger partial charge >= 0.3 is 23.4 Å². The van der Waals surface area contributed by atoms with Crippen LogP contribution in [0.5, 0.6) is 0 Å². The molecule has 1 nitrogen and oxygen atoms in total. The molecule has 0 aliphatic heterocycles. The van der Waals surface area contributed by atoms with Crippen LogP contribution in [0.25, 0.3) is 0 Å². The first-order valence-electron chi connectivity index (χ1n) is 3.21. The van der Waals surface area contributed by atoms with Crippen LogP contribution in [0.15, 0.2) is 0 Å². The first-order chi connectivity index (χ1) is 6.04. The Hall–Kier alpha value is -0.400. The van der Waals surface area contributed by atoms with Crippen LogP contribution >= 0.6 is 0 Å². The Morgan fingerprint density at radius 2 is 1.50 bits per heavy atom. The van der Waals surface area contributed by atoms with Crippen molar-refractivity contribution in [1.82, 2.24) is 0 Å². The van der Waals surface area contributed by atoms with Gasteiger partial charge < -0.3 is 0 Å². The van der Waals surface area contributed by atoms with Crippen molar-refractivity contribution >= 4 is 16.7 Å². The van der Waals surface area contributed by atoms with E-state index >= 15 is 0 Å². The first kappa shape index (κ1) is 13.6. The standard InChI is InChI=1S/C6H7F6OS/c1-14(2)5(9,4(7)8)3(13)6(10,11)12/h4H,1-2H3/q+1. The molecule has 0 spiro atoms. The second-order valence-electron chi connectivity index (χ2n) is 2.59. The highest BCUT2D eigenvalue weighted by atomic mass is 32.2. The van der Waals surface area contributed by atoms with Crippen LogP contribution < -0.4 is 0 Å². The average Bonchev–Trinajstić information content (AvgIpc) is 1.99. The van der Waals surface area contributed by atoms with Gasteiger partial charge in [0.25, 0.3) is 0 Å². The zero-order valence-electron chi connectivity index (χ0n) is 7.16. The fourth-order valence-electron chi connectivity index (χ4n) is 0.656. The van der Waals surface area contributed by atoms with Crippen molar-refractivity contribution in [2.24, 2.45) is 0 Å². The van der Waals surface area contributed by atoms with E-state index in [9.17, 15) is 31.1 Å².